The molecule has 0 aliphatic heterocycles. The minimum atomic E-state index is -0.0229. The maximum Gasteiger partial charge on any atom is 0.224 e. The third-order valence-electron chi connectivity index (χ3n) is 1.67. The molecule has 0 heterocycles. The highest BCUT2D eigenvalue weighted by Gasteiger charge is 2.07. The fraction of sp³-hybridized carbons (Fsp3) is 0.667. The van der Waals surface area contributed by atoms with E-state index in [1.165, 1.54) is 0 Å². The number of hydrogen-bond acceptors (Lipinski definition) is 2. The van der Waals surface area contributed by atoms with Crippen molar-refractivity contribution in [1.29, 1.82) is 0 Å². The third-order valence-corrected chi connectivity index (χ3v) is 1.67. The Bertz CT molecular complexity index is 145. The molecule has 0 radical (unpaired) electrons. The fourth-order valence-corrected chi connectivity index (χ4v) is 0.952. The van der Waals surface area contributed by atoms with Gasteiger partial charge >= 0.3 is 0 Å². The van der Waals surface area contributed by atoms with Gasteiger partial charge in [0.25, 0.3) is 0 Å². The first-order valence-corrected chi connectivity index (χ1v) is 4.25. The van der Waals surface area contributed by atoms with Gasteiger partial charge in [0.2, 0.25) is 5.91 Å². The van der Waals surface area contributed by atoms with Gasteiger partial charge in [0.15, 0.2) is 0 Å². The lowest BCUT2D eigenvalue weighted by Gasteiger charge is -2.14. The normalized spacial score (nSPS) is 12.2. The van der Waals surface area contributed by atoms with Gasteiger partial charge in [0.1, 0.15) is 0 Å². The molecule has 0 aliphatic rings. The van der Waals surface area contributed by atoms with E-state index in [0.29, 0.717) is 12.8 Å². The molecule has 0 bridgehead atoms. The van der Waals surface area contributed by atoms with E-state index in [1.54, 1.807) is 6.08 Å². The van der Waals surface area contributed by atoms with Crippen LogP contribution in [0.1, 0.15) is 26.2 Å². The molecule has 0 fully saturated rings. The first-order chi connectivity index (χ1) is 5.74. The van der Waals surface area contributed by atoms with Gasteiger partial charge in [-0.25, -0.2) is 0 Å². The molecule has 1 unspecified atom stereocenters. The molecule has 1 amide bonds. The lowest BCUT2D eigenvalue weighted by molar-refractivity contribution is -0.121. The zero-order valence-electron chi connectivity index (χ0n) is 7.55. The molecule has 70 valence electrons. The molecular weight excluding hydrogens is 154 g/mol. The van der Waals surface area contributed by atoms with Crippen molar-refractivity contribution in [2.24, 2.45) is 0 Å². The molecule has 2 N–H and O–H groups in total. The van der Waals surface area contributed by atoms with Gasteiger partial charge in [-0.1, -0.05) is 13.0 Å². The molecule has 0 saturated carbocycles. The lowest BCUT2D eigenvalue weighted by Crippen LogP contribution is -2.34. The van der Waals surface area contributed by atoms with Crippen molar-refractivity contribution in [3.05, 3.63) is 12.7 Å². The van der Waals surface area contributed by atoms with E-state index in [2.05, 4.69) is 11.9 Å². The van der Waals surface area contributed by atoms with Gasteiger partial charge in [0.05, 0.1) is 0 Å². The summed E-state index contributed by atoms with van der Waals surface area (Å²) in [6.45, 7) is 5.57. The number of aliphatic hydroxyl groups is 1. The summed E-state index contributed by atoms with van der Waals surface area (Å²) >= 11 is 0. The highest BCUT2D eigenvalue weighted by Crippen LogP contribution is 1.96. The maximum atomic E-state index is 11.0. The van der Waals surface area contributed by atoms with Crippen molar-refractivity contribution in [3.63, 3.8) is 0 Å². The minimum Gasteiger partial charge on any atom is -0.396 e. The van der Waals surface area contributed by atoms with E-state index in [-0.39, 0.29) is 18.6 Å². The summed E-state index contributed by atoms with van der Waals surface area (Å²) in [6, 6.07) is 0.0995. The number of amides is 1. The van der Waals surface area contributed by atoms with E-state index < -0.39 is 0 Å². The number of nitrogens with one attached hydrogen (secondary N) is 1. The second-order valence-electron chi connectivity index (χ2n) is 2.68. The lowest BCUT2D eigenvalue weighted by atomic mass is 10.1. The topological polar surface area (TPSA) is 49.3 Å². The van der Waals surface area contributed by atoms with Crippen LogP contribution in [0.3, 0.4) is 0 Å². The molecule has 0 aromatic heterocycles. The Hall–Kier alpha value is -0.830. The molecule has 0 spiro atoms. The predicted octanol–water partition coefficient (Wildman–Crippen LogP) is 0.840. The maximum absolute atomic E-state index is 11.0. The summed E-state index contributed by atoms with van der Waals surface area (Å²) in [5.74, 6) is -0.0229. The smallest absolute Gasteiger partial charge is 0.224 e. The van der Waals surface area contributed by atoms with Crippen LogP contribution in [0.25, 0.3) is 0 Å². The van der Waals surface area contributed by atoms with Gasteiger partial charge in [-0.3, -0.25) is 4.79 Å². The van der Waals surface area contributed by atoms with E-state index in [0.717, 1.165) is 6.42 Å². The van der Waals surface area contributed by atoms with E-state index in [4.69, 9.17) is 5.11 Å². The average Bonchev–Trinajstić information content (AvgIpc) is 2.04. The molecule has 0 aromatic rings. The summed E-state index contributed by atoms with van der Waals surface area (Å²) in [6.07, 6.45) is 3.39. The summed E-state index contributed by atoms with van der Waals surface area (Å²) in [4.78, 5) is 11.0. The standard InChI is InChI=1S/C9H17NO2/c1-3-5-9(12)10-8(4-2)6-7-11/h3,8,11H,1,4-7H2,2H3,(H,10,12). The van der Waals surface area contributed by atoms with Gasteiger partial charge in [-0.15, -0.1) is 6.58 Å². The van der Waals surface area contributed by atoms with Crippen LogP contribution in [0.5, 0.6) is 0 Å². The monoisotopic (exact) mass is 171 g/mol. The van der Waals surface area contributed by atoms with Crippen LogP contribution >= 0.6 is 0 Å². The average molecular weight is 171 g/mol. The van der Waals surface area contributed by atoms with Crippen LogP contribution in [-0.2, 0) is 4.79 Å². The first kappa shape index (κ1) is 11.2. The summed E-state index contributed by atoms with van der Waals surface area (Å²) < 4.78 is 0. The summed E-state index contributed by atoms with van der Waals surface area (Å²) in [5, 5.41) is 11.4. The number of carbonyl (C=O) groups excluding carboxylic acids is 1. The molecule has 3 heteroatoms. The summed E-state index contributed by atoms with van der Waals surface area (Å²) in [7, 11) is 0. The van der Waals surface area contributed by atoms with Crippen LogP contribution in [0.4, 0.5) is 0 Å². The number of hydrogen-bond donors (Lipinski definition) is 2. The number of rotatable bonds is 6. The second kappa shape index (κ2) is 6.85. The Kier molecular flexibility index (Phi) is 6.38. The molecule has 0 rings (SSSR count). The Labute approximate surface area is 73.5 Å². The van der Waals surface area contributed by atoms with Crippen LogP contribution in [0.2, 0.25) is 0 Å². The largest absolute Gasteiger partial charge is 0.396 e. The minimum absolute atomic E-state index is 0.0229. The van der Waals surface area contributed by atoms with Crippen molar-refractivity contribution < 1.29 is 9.90 Å². The predicted molar refractivity (Wildman–Crippen MR) is 48.7 cm³/mol. The Balaban J connectivity index is 3.68. The number of carbonyl (C=O) groups is 1. The highest BCUT2D eigenvalue weighted by molar-refractivity contribution is 5.77. The van der Waals surface area contributed by atoms with Crippen LogP contribution < -0.4 is 5.32 Å². The summed E-state index contributed by atoms with van der Waals surface area (Å²) in [5.41, 5.74) is 0. The van der Waals surface area contributed by atoms with Crippen molar-refractivity contribution in [2.45, 2.75) is 32.2 Å². The third kappa shape index (κ3) is 4.91. The van der Waals surface area contributed by atoms with Crippen LogP contribution in [-0.4, -0.2) is 23.7 Å². The zero-order valence-corrected chi connectivity index (χ0v) is 7.55. The Morgan fingerprint density at radius 3 is 2.83 bits per heavy atom. The Morgan fingerprint density at radius 1 is 1.75 bits per heavy atom. The van der Waals surface area contributed by atoms with Gasteiger partial charge in [0, 0.05) is 19.1 Å². The zero-order chi connectivity index (χ0) is 9.40. The molecule has 0 aromatic carbocycles. The fourth-order valence-electron chi connectivity index (χ4n) is 0.952. The quantitative estimate of drug-likeness (QED) is 0.582. The van der Waals surface area contributed by atoms with Crippen LogP contribution in [0.15, 0.2) is 12.7 Å². The van der Waals surface area contributed by atoms with Gasteiger partial charge in [-0.2, -0.15) is 0 Å². The first-order valence-electron chi connectivity index (χ1n) is 4.25. The van der Waals surface area contributed by atoms with Crippen molar-refractivity contribution >= 4 is 5.91 Å². The molecular formula is C9H17NO2. The number of aliphatic hydroxyl groups excluding tert-OH is 1. The molecule has 3 nitrogen and oxygen atoms in total. The van der Waals surface area contributed by atoms with E-state index in [1.807, 2.05) is 6.92 Å². The molecule has 0 saturated heterocycles. The SMILES string of the molecule is C=CCC(=O)NC(CC)CCO. The van der Waals surface area contributed by atoms with Crippen molar-refractivity contribution in [1.82, 2.24) is 5.32 Å². The van der Waals surface area contributed by atoms with Crippen molar-refractivity contribution in [3.8, 4) is 0 Å². The Morgan fingerprint density at radius 2 is 2.42 bits per heavy atom. The van der Waals surface area contributed by atoms with E-state index in [9.17, 15) is 4.79 Å². The molecule has 0 aliphatic carbocycles. The molecule has 12 heavy (non-hydrogen) atoms. The van der Waals surface area contributed by atoms with Crippen LogP contribution in [0, 0.1) is 0 Å². The van der Waals surface area contributed by atoms with Gasteiger partial charge in [-0.05, 0) is 12.8 Å². The van der Waals surface area contributed by atoms with Crippen molar-refractivity contribution in [2.75, 3.05) is 6.61 Å². The second-order valence-corrected chi connectivity index (χ2v) is 2.68. The highest BCUT2D eigenvalue weighted by atomic mass is 16.3. The molecule has 1 atom stereocenters. The van der Waals surface area contributed by atoms with Gasteiger partial charge < -0.3 is 10.4 Å². The van der Waals surface area contributed by atoms with E-state index >= 15 is 0 Å².